The number of carbonyl (C=O) groups excluding carboxylic acids is 1. The van der Waals surface area contributed by atoms with Crippen molar-refractivity contribution in [3.63, 3.8) is 0 Å². The van der Waals surface area contributed by atoms with Gasteiger partial charge in [0.1, 0.15) is 0 Å². The van der Waals surface area contributed by atoms with E-state index in [2.05, 4.69) is 10.2 Å². The summed E-state index contributed by atoms with van der Waals surface area (Å²) in [6.45, 7) is 2.99. The molecule has 1 aliphatic carbocycles. The van der Waals surface area contributed by atoms with Crippen molar-refractivity contribution >= 4 is 15.7 Å². The third kappa shape index (κ3) is 4.08. The van der Waals surface area contributed by atoms with Gasteiger partial charge in [-0.2, -0.15) is 0 Å². The summed E-state index contributed by atoms with van der Waals surface area (Å²) < 4.78 is 23.1. The van der Waals surface area contributed by atoms with Gasteiger partial charge in [-0.3, -0.25) is 9.69 Å². The second-order valence-electron chi connectivity index (χ2n) is 7.65. The molecule has 1 atom stereocenters. The monoisotopic (exact) mass is 342 g/mol. The number of piperidine rings is 1. The van der Waals surface area contributed by atoms with Gasteiger partial charge in [0.05, 0.1) is 17.4 Å². The molecule has 1 amide bonds. The zero-order valence-corrected chi connectivity index (χ0v) is 14.9. The summed E-state index contributed by atoms with van der Waals surface area (Å²) in [7, 11) is -2.99. The summed E-state index contributed by atoms with van der Waals surface area (Å²) in [5, 5.41) is 3.13. The fourth-order valence-electron chi connectivity index (χ4n) is 4.58. The van der Waals surface area contributed by atoms with Crippen LogP contribution in [0.25, 0.3) is 0 Å². The SMILES string of the molecule is O=C(NCC1(N2CCCCC2)CCCCC1)C1CCS(=O)(=O)C1. The van der Waals surface area contributed by atoms with Gasteiger partial charge in [0, 0.05) is 12.1 Å². The molecule has 0 bridgehead atoms. The molecule has 0 spiro atoms. The normalized spacial score (nSPS) is 30.9. The quantitative estimate of drug-likeness (QED) is 0.845. The summed E-state index contributed by atoms with van der Waals surface area (Å²) >= 11 is 0. The predicted octanol–water partition coefficient (Wildman–Crippen LogP) is 1.73. The largest absolute Gasteiger partial charge is 0.354 e. The molecule has 1 saturated carbocycles. The van der Waals surface area contributed by atoms with Gasteiger partial charge in [0.25, 0.3) is 0 Å². The number of rotatable bonds is 4. The van der Waals surface area contributed by atoms with E-state index in [9.17, 15) is 13.2 Å². The fourth-order valence-corrected chi connectivity index (χ4v) is 6.32. The van der Waals surface area contributed by atoms with Crippen molar-refractivity contribution in [3.8, 4) is 0 Å². The Labute approximate surface area is 140 Å². The van der Waals surface area contributed by atoms with Crippen LogP contribution in [0.5, 0.6) is 0 Å². The molecular formula is C17H30N2O3S. The number of nitrogens with zero attached hydrogens (tertiary/aromatic N) is 1. The fraction of sp³-hybridized carbons (Fsp3) is 0.941. The highest BCUT2D eigenvalue weighted by Crippen LogP contribution is 2.35. The van der Waals surface area contributed by atoms with Gasteiger partial charge in [-0.25, -0.2) is 8.42 Å². The number of nitrogens with one attached hydrogen (secondary N) is 1. The Morgan fingerprint density at radius 2 is 1.70 bits per heavy atom. The van der Waals surface area contributed by atoms with Gasteiger partial charge in [-0.05, 0) is 45.2 Å². The van der Waals surface area contributed by atoms with E-state index >= 15 is 0 Å². The maximum Gasteiger partial charge on any atom is 0.224 e. The molecule has 2 saturated heterocycles. The first kappa shape index (κ1) is 17.2. The van der Waals surface area contributed by atoms with Gasteiger partial charge in [0.2, 0.25) is 5.91 Å². The molecule has 2 heterocycles. The van der Waals surface area contributed by atoms with Crippen LogP contribution in [-0.4, -0.2) is 55.9 Å². The van der Waals surface area contributed by atoms with E-state index in [4.69, 9.17) is 0 Å². The van der Waals surface area contributed by atoms with E-state index in [1.165, 1.54) is 38.5 Å². The number of hydrogen-bond donors (Lipinski definition) is 1. The van der Waals surface area contributed by atoms with Crippen molar-refractivity contribution in [2.24, 2.45) is 5.92 Å². The average molecular weight is 343 g/mol. The van der Waals surface area contributed by atoms with Crippen molar-refractivity contribution in [1.29, 1.82) is 0 Å². The van der Waals surface area contributed by atoms with E-state index < -0.39 is 9.84 Å². The van der Waals surface area contributed by atoms with Crippen molar-refractivity contribution in [2.45, 2.75) is 63.3 Å². The lowest BCUT2D eigenvalue weighted by Crippen LogP contribution is -2.58. The summed E-state index contributed by atoms with van der Waals surface area (Å²) in [5.41, 5.74) is 0.117. The molecular weight excluding hydrogens is 312 g/mol. The van der Waals surface area contributed by atoms with E-state index in [0.29, 0.717) is 13.0 Å². The van der Waals surface area contributed by atoms with E-state index in [-0.39, 0.29) is 28.9 Å². The second-order valence-corrected chi connectivity index (χ2v) is 9.88. The van der Waals surface area contributed by atoms with Gasteiger partial charge in [-0.1, -0.05) is 25.7 Å². The first-order chi connectivity index (χ1) is 11.0. The molecule has 3 aliphatic rings. The molecule has 132 valence electrons. The van der Waals surface area contributed by atoms with E-state index in [1.54, 1.807) is 0 Å². The molecule has 5 nitrogen and oxygen atoms in total. The minimum absolute atomic E-state index is 0.0372. The third-order valence-corrected chi connectivity index (χ3v) is 7.77. The first-order valence-corrected chi connectivity index (χ1v) is 11.1. The Hall–Kier alpha value is -0.620. The van der Waals surface area contributed by atoms with Crippen LogP contribution in [0.15, 0.2) is 0 Å². The maximum atomic E-state index is 12.4. The molecule has 1 N–H and O–H groups in total. The Bertz CT molecular complexity index is 520. The van der Waals surface area contributed by atoms with Gasteiger partial charge < -0.3 is 5.32 Å². The van der Waals surface area contributed by atoms with Crippen LogP contribution in [0.2, 0.25) is 0 Å². The first-order valence-electron chi connectivity index (χ1n) is 9.24. The van der Waals surface area contributed by atoms with Gasteiger partial charge in [0.15, 0.2) is 9.84 Å². The van der Waals surface area contributed by atoms with E-state index in [0.717, 1.165) is 25.9 Å². The molecule has 6 heteroatoms. The molecule has 1 unspecified atom stereocenters. The summed E-state index contributed by atoms with van der Waals surface area (Å²) in [4.78, 5) is 15.0. The zero-order valence-electron chi connectivity index (χ0n) is 14.1. The van der Waals surface area contributed by atoms with Gasteiger partial charge >= 0.3 is 0 Å². The summed E-state index contributed by atoms with van der Waals surface area (Å²) in [6, 6.07) is 0. The Kier molecular flexibility index (Phi) is 5.31. The number of amides is 1. The number of carbonyl (C=O) groups is 1. The second kappa shape index (κ2) is 7.09. The third-order valence-electron chi connectivity index (χ3n) is 6.01. The molecule has 3 fully saturated rings. The van der Waals surface area contributed by atoms with Crippen LogP contribution in [0.4, 0.5) is 0 Å². The van der Waals surface area contributed by atoms with Gasteiger partial charge in [-0.15, -0.1) is 0 Å². The number of sulfone groups is 1. The lowest BCUT2D eigenvalue weighted by Gasteiger charge is -2.48. The molecule has 0 radical (unpaired) electrons. The highest BCUT2D eigenvalue weighted by atomic mass is 32.2. The van der Waals surface area contributed by atoms with Crippen molar-refractivity contribution in [3.05, 3.63) is 0 Å². The molecule has 23 heavy (non-hydrogen) atoms. The van der Waals surface area contributed by atoms with Crippen LogP contribution in [0, 0.1) is 5.92 Å². The average Bonchev–Trinajstić information content (AvgIpc) is 2.94. The van der Waals surface area contributed by atoms with Crippen LogP contribution in [-0.2, 0) is 14.6 Å². The minimum atomic E-state index is -2.99. The highest BCUT2D eigenvalue weighted by Gasteiger charge is 2.40. The predicted molar refractivity (Wildman–Crippen MR) is 91.0 cm³/mol. The Morgan fingerprint density at radius 1 is 1.04 bits per heavy atom. The van der Waals surface area contributed by atoms with Crippen LogP contribution in [0.1, 0.15) is 57.8 Å². The standard InChI is InChI=1S/C17H30N2O3S/c20-16(15-7-12-23(21,22)13-15)18-14-17(8-3-1-4-9-17)19-10-5-2-6-11-19/h15H,1-14H2,(H,18,20). The number of hydrogen-bond acceptors (Lipinski definition) is 4. The molecule has 3 rings (SSSR count). The summed E-state index contributed by atoms with van der Waals surface area (Å²) in [5.74, 6) is -0.173. The Balaban J connectivity index is 1.61. The van der Waals surface area contributed by atoms with Crippen LogP contribution < -0.4 is 5.32 Å². The Morgan fingerprint density at radius 3 is 2.30 bits per heavy atom. The summed E-state index contributed by atoms with van der Waals surface area (Å²) in [6.07, 6.45) is 10.4. The van der Waals surface area contributed by atoms with Crippen LogP contribution >= 0.6 is 0 Å². The smallest absolute Gasteiger partial charge is 0.224 e. The maximum absolute atomic E-state index is 12.4. The van der Waals surface area contributed by atoms with Crippen molar-refractivity contribution in [2.75, 3.05) is 31.1 Å². The van der Waals surface area contributed by atoms with E-state index in [1.807, 2.05) is 0 Å². The molecule has 0 aromatic carbocycles. The lowest BCUT2D eigenvalue weighted by molar-refractivity contribution is -0.125. The van der Waals surface area contributed by atoms with Crippen molar-refractivity contribution < 1.29 is 13.2 Å². The topological polar surface area (TPSA) is 66.5 Å². The molecule has 0 aromatic heterocycles. The number of likely N-dealkylation sites (tertiary alicyclic amines) is 1. The van der Waals surface area contributed by atoms with Crippen molar-refractivity contribution in [1.82, 2.24) is 10.2 Å². The molecule has 2 aliphatic heterocycles. The van der Waals surface area contributed by atoms with Crippen LogP contribution in [0.3, 0.4) is 0 Å². The minimum Gasteiger partial charge on any atom is -0.354 e. The molecule has 0 aromatic rings. The lowest BCUT2D eigenvalue weighted by atomic mass is 9.79. The zero-order chi connectivity index (χ0) is 16.3. The highest BCUT2D eigenvalue weighted by molar-refractivity contribution is 7.91.